The first kappa shape index (κ1) is 16.8. The van der Waals surface area contributed by atoms with Gasteiger partial charge >= 0.3 is 5.97 Å². The van der Waals surface area contributed by atoms with Gasteiger partial charge in [-0.15, -0.1) is 0 Å². The lowest BCUT2D eigenvalue weighted by Gasteiger charge is -2.35. The molecule has 0 unspecified atom stereocenters. The summed E-state index contributed by atoms with van der Waals surface area (Å²) in [5, 5.41) is 9.98. The van der Waals surface area contributed by atoms with Crippen LogP contribution in [0.1, 0.15) is 17.0 Å². The molecule has 1 aromatic heterocycles. The molecule has 2 aliphatic rings. The number of para-hydroxylation sites is 1. The maximum absolute atomic E-state index is 12.2. The van der Waals surface area contributed by atoms with Gasteiger partial charge in [-0.2, -0.15) is 0 Å². The van der Waals surface area contributed by atoms with Gasteiger partial charge in [-0.25, -0.2) is 4.98 Å². The minimum atomic E-state index is -0.884. The molecule has 0 amide bonds. The van der Waals surface area contributed by atoms with Crippen LogP contribution in [0.3, 0.4) is 0 Å². The molecule has 1 aromatic carbocycles. The number of anilines is 1. The van der Waals surface area contributed by atoms with E-state index in [1.165, 1.54) is 0 Å². The quantitative estimate of drug-likeness (QED) is 0.909. The highest BCUT2D eigenvalue weighted by molar-refractivity contribution is 5.78. The highest BCUT2D eigenvalue weighted by Crippen LogP contribution is 2.49. The number of pyridine rings is 1. The molecule has 26 heavy (non-hydrogen) atoms. The lowest BCUT2D eigenvalue weighted by atomic mass is 9.73. The van der Waals surface area contributed by atoms with Gasteiger partial charge in [0.25, 0.3) is 0 Å². The smallest absolute Gasteiger partial charge is 0.315 e. The van der Waals surface area contributed by atoms with Crippen LogP contribution in [0.5, 0.6) is 5.75 Å². The summed E-state index contributed by atoms with van der Waals surface area (Å²) in [6.07, 6.45) is 1.87. The monoisotopic (exact) mass is 353 g/mol. The van der Waals surface area contributed by atoms with Crippen molar-refractivity contribution in [2.45, 2.75) is 12.5 Å². The zero-order valence-corrected chi connectivity index (χ0v) is 15.1. The summed E-state index contributed by atoms with van der Waals surface area (Å²) in [5.74, 6) is 0.890. The van der Waals surface area contributed by atoms with E-state index in [1.807, 2.05) is 55.5 Å². The van der Waals surface area contributed by atoms with Gasteiger partial charge in [0.05, 0.1) is 0 Å². The van der Waals surface area contributed by atoms with Crippen molar-refractivity contribution in [1.82, 2.24) is 9.88 Å². The molecule has 2 atom stereocenters. The Morgan fingerprint density at radius 1 is 1.35 bits per heavy atom. The van der Waals surface area contributed by atoms with E-state index in [2.05, 4.69) is 16.0 Å². The van der Waals surface area contributed by atoms with Crippen molar-refractivity contribution in [2.24, 2.45) is 5.41 Å². The Bertz CT molecular complexity index is 821. The second kappa shape index (κ2) is 6.29. The van der Waals surface area contributed by atoms with Gasteiger partial charge in [-0.3, -0.25) is 9.69 Å². The summed E-state index contributed by atoms with van der Waals surface area (Å²) in [6, 6.07) is 11.8. The number of benzene rings is 1. The fraction of sp³-hybridized carbons (Fsp3) is 0.400. The van der Waals surface area contributed by atoms with Gasteiger partial charge in [0, 0.05) is 45.8 Å². The minimum absolute atomic E-state index is 0.0565. The van der Waals surface area contributed by atoms with Crippen LogP contribution in [0.2, 0.25) is 0 Å². The molecule has 0 spiro atoms. The molecular formula is C20H23N3O3. The second-order valence-corrected chi connectivity index (χ2v) is 7.43. The highest BCUT2D eigenvalue weighted by atomic mass is 16.5. The fourth-order valence-electron chi connectivity index (χ4n) is 4.09. The van der Waals surface area contributed by atoms with Crippen molar-refractivity contribution in [3.63, 3.8) is 0 Å². The summed E-state index contributed by atoms with van der Waals surface area (Å²) < 4.78 is 5.82. The summed E-state index contributed by atoms with van der Waals surface area (Å²) in [6.45, 7) is 2.10. The van der Waals surface area contributed by atoms with E-state index >= 15 is 0 Å². The van der Waals surface area contributed by atoms with E-state index in [4.69, 9.17) is 4.74 Å². The van der Waals surface area contributed by atoms with E-state index in [0.717, 1.165) is 22.7 Å². The number of nitrogens with zero attached hydrogens (tertiary/aromatic N) is 3. The van der Waals surface area contributed by atoms with Crippen molar-refractivity contribution in [3.05, 3.63) is 53.7 Å². The summed E-state index contributed by atoms with van der Waals surface area (Å²) in [5.41, 5.74) is 1.21. The molecule has 0 bridgehead atoms. The number of aliphatic carboxylic acids is 1. The Morgan fingerprint density at radius 3 is 2.85 bits per heavy atom. The summed E-state index contributed by atoms with van der Waals surface area (Å²) >= 11 is 0. The van der Waals surface area contributed by atoms with Gasteiger partial charge < -0.3 is 14.7 Å². The predicted molar refractivity (Wildman–Crippen MR) is 98.6 cm³/mol. The number of likely N-dealkylation sites (tertiary alicyclic amines) is 1. The molecule has 0 radical (unpaired) electrons. The average Bonchev–Trinajstić information content (AvgIpc) is 3.02. The lowest BCUT2D eigenvalue weighted by Crippen LogP contribution is -2.45. The standard InChI is InChI=1S/C20H23N3O3/c1-22(2)18-8-7-14(9-21-18)10-23-11-16-15-5-3-4-6-17(15)26-13-20(16,12-23)19(24)25/h3-9,16H,10-13H2,1-2H3,(H,24,25)/t16-,20-/m0/s1. The fourth-order valence-corrected chi connectivity index (χ4v) is 4.09. The number of carboxylic acids is 1. The van der Waals surface area contributed by atoms with Crippen molar-refractivity contribution < 1.29 is 14.6 Å². The zero-order valence-electron chi connectivity index (χ0n) is 15.1. The first-order chi connectivity index (χ1) is 12.5. The molecular weight excluding hydrogens is 330 g/mol. The summed E-state index contributed by atoms with van der Waals surface area (Å²) in [7, 11) is 3.92. The van der Waals surface area contributed by atoms with Crippen LogP contribution in [0.4, 0.5) is 5.82 Å². The van der Waals surface area contributed by atoms with Crippen LogP contribution in [0.25, 0.3) is 0 Å². The number of ether oxygens (including phenoxy) is 1. The molecule has 1 saturated heterocycles. The molecule has 6 nitrogen and oxygen atoms in total. The highest BCUT2D eigenvalue weighted by Gasteiger charge is 2.56. The van der Waals surface area contributed by atoms with Crippen LogP contribution in [0.15, 0.2) is 42.6 Å². The maximum atomic E-state index is 12.2. The van der Waals surface area contributed by atoms with Crippen LogP contribution in [-0.4, -0.2) is 54.8 Å². The predicted octanol–water partition coefficient (Wildman–Crippen LogP) is 2.21. The summed E-state index contributed by atoms with van der Waals surface area (Å²) in [4.78, 5) is 20.8. The number of aromatic nitrogens is 1. The Labute approximate surface area is 153 Å². The second-order valence-electron chi connectivity index (χ2n) is 7.43. The van der Waals surface area contributed by atoms with Gasteiger partial charge in [0.2, 0.25) is 0 Å². The molecule has 3 heterocycles. The SMILES string of the molecule is CN(C)c1ccc(CN2C[C@H]3c4ccccc4OC[C@@]3(C(=O)O)C2)cn1. The van der Waals surface area contributed by atoms with Gasteiger partial charge in [-0.05, 0) is 23.3 Å². The van der Waals surface area contributed by atoms with Crippen molar-refractivity contribution in [3.8, 4) is 5.75 Å². The lowest BCUT2D eigenvalue weighted by molar-refractivity contribution is -0.151. The molecule has 136 valence electrons. The van der Waals surface area contributed by atoms with Crippen LogP contribution < -0.4 is 9.64 Å². The number of hydrogen-bond donors (Lipinski definition) is 1. The Hall–Kier alpha value is -2.60. The molecule has 6 heteroatoms. The van der Waals surface area contributed by atoms with E-state index < -0.39 is 11.4 Å². The number of fused-ring (bicyclic) bond motifs is 3. The molecule has 0 saturated carbocycles. The zero-order chi connectivity index (χ0) is 18.3. The normalized spacial score (nSPS) is 24.5. The maximum Gasteiger partial charge on any atom is 0.315 e. The topological polar surface area (TPSA) is 65.9 Å². The number of carbonyl (C=O) groups is 1. The van der Waals surface area contributed by atoms with Crippen molar-refractivity contribution >= 4 is 11.8 Å². The number of rotatable bonds is 4. The Kier molecular flexibility index (Phi) is 4.07. The Balaban J connectivity index is 1.59. The van der Waals surface area contributed by atoms with Crippen molar-refractivity contribution in [2.75, 3.05) is 38.7 Å². The molecule has 1 N–H and O–H groups in total. The number of hydrogen-bond acceptors (Lipinski definition) is 5. The molecule has 4 rings (SSSR count). The molecule has 1 fully saturated rings. The van der Waals surface area contributed by atoms with E-state index in [1.54, 1.807) is 0 Å². The third-order valence-corrected chi connectivity index (χ3v) is 5.49. The van der Waals surface area contributed by atoms with E-state index in [9.17, 15) is 9.90 Å². The third-order valence-electron chi connectivity index (χ3n) is 5.49. The Morgan fingerprint density at radius 2 is 2.15 bits per heavy atom. The van der Waals surface area contributed by atoms with Crippen LogP contribution >= 0.6 is 0 Å². The number of carboxylic acid groups (broad SMARTS) is 1. The largest absolute Gasteiger partial charge is 0.492 e. The van der Waals surface area contributed by atoms with Gasteiger partial charge in [-0.1, -0.05) is 24.3 Å². The van der Waals surface area contributed by atoms with E-state index in [-0.39, 0.29) is 12.5 Å². The first-order valence-corrected chi connectivity index (χ1v) is 8.79. The minimum Gasteiger partial charge on any atom is -0.492 e. The van der Waals surface area contributed by atoms with Crippen LogP contribution in [0, 0.1) is 5.41 Å². The van der Waals surface area contributed by atoms with Crippen LogP contribution in [-0.2, 0) is 11.3 Å². The van der Waals surface area contributed by atoms with Gasteiger partial charge in [0.1, 0.15) is 23.6 Å². The molecule has 0 aliphatic carbocycles. The average molecular weight is 353 g/mol. The van der Waals surface area contributed by atoms with Gasteiger partial charge in [0.15, 0.2) is 0 Å². The third kappa shape index (κ3) is 2.70. The first-order valence-electron chi connectivity index (χ1n) is 8.79. The molecule has 2 aromatic rings. The van der Waals surface area contributed by atoms with E-state index in [0.29, 0.717) is 19.6 Å². The van der Waals surface area contributed by atoms with Crippen molar-refractivity contribution in [1.29, 1.82) is 0 Å². The molecule has 2 aliphatic heterocycles.